The molecule has 1 rings (SSSR count). The SMILES string of the molecule is CC1CCC(F)(F)C[C@@H]1N=O. The summed E-state index contributed by atoms with van der Waals surface area (Å²) in [5, 5.41) is 2.69. The van der Waals surface area contributed by atoms with Crippen molar-refractivity contribution in [2.45, 2.75) is 38.2 Å². The van der Waals surface area contributed by atoms with Gasteiger partial charge in [-0.25, -0.2) is 8.78 Å². The van der Waals surface area contributed by atoms with Gasteiger partial charge in [0.15, 0.2) is 0 Å². The highest BCUT2D eigenvalue weighted by Crippen LogP contribution is 2.37. The molecule has 0 bridgehead atoms. The lowest BCUT2D eigenvalue weighted by atomic mass is 9.84. The van der Waals surface area contributed by atoms with E-state index in [1.54, 1.807) is 6.92 Å². The molecule has 0 heterocycles. The van der Waals surface area contributed by atoms with Crippen LogP contribution in [0.1, 0.15) is 26.2 Å². The molecule has 64 valence electrons. The number of halogens is 2. The maximum absolute atomic E-state index is 12.6. The number of nitroso groups, excluding NO2 is 1. The standard InChI is InChI=1S/C7H11F2NO/c1-5-2-3-7(8,9)4-6(5)10-11/h5-6H,2-4H2,1H3/t5?,6-/m0/s1. The Kier molecular flexibility index (Phi) is 2.20. The lowest BCUT2D eigenvalue weighted by molar-refractivity contribution is -0.0509. The summed E-state index contributed by atoms with van der Waals surface area (Å²) in [4.78, 5) is 10.1. The minimum atomic E-state index is -2.66. The number of nitrogens with zero attached hydrogens (tertiary/aromatic N) is 1. The second kappa shape index (κ2) is 2.83. The summed E-state index contributed by atoms with van der Waals surface area (Å²) in [6.45, 7) is 1.79. The molecule has 0 radical (unpaired) electrons. The summed E-state index contributed by atoms with van der Waals surface area (Å²) >= 11 is 0. The molecule has 1 unspecified atom stereocenters. The van der Waals surface area contributed by atoms with Crippen molar-refractivity contribution in [3.05, 3.63) is 4.91 Å². The Bertz CT molecular complexity index is 161. The van der Waals surface area contributed by atoms with Gasteiger partial charge in [-0.15, -0.1) is 0 Å². The normalized spacial score (nSPS) is 36.6. The van der Waals surface area contributed by atoms with E-state index in [9.17, 15) is 13.7 Å². The molecule has 0 spiro atoms. The van der Waals surface area contributed by atoms with E-state index in [1.807, 2.05) is 0 Å². The lowest BCUT2D eigenvalue weighted by Crippen LogP contribution is -2.33. The van der Waals surface area contributed by atoms with Crippen molar-refractivity contribution in [2.24, 2.45) is 11.1 Å². The highest BCUT2D eigenvalue weighted by atomic mass is 19.3. The fourth-order valence-corrected chi connectivity index (χ4v) is 1.38. The van der Waals surface area contributed by atoms with Gasteiger partial charge in [-0.3, -0.25) is 0 Å². The van der Waals surface area contributed by atoms with Crippen molar-refractivity contribution in [2.75, 3.05) is 0 Å². The summed E-state index contributed by atoms with van der Waals surface area (Å²) in [5.41, 5.74) is 0. The molecule has 0 aromatic rings. The first kappa shape index (κ1) is 8.56. The van der Waals surface area contributed by atoms with Gasteiger partial charge in [0.05, 0.1) is 0 Å². The van der Waals surface area contributed by atoms with E-state index >= 15 is 0 Å². The first-order valence-electron chi connectivity index (χ1n) is 3.75. The predicted molar refractivity (Wildman–Crippen MR) is 37.5 cm³/mol. The topological polar surface area (TPSA) is 29.4 Å². The third-order valence-electron chi connectivity index (χ3n) is 2.27. The molecule has 0 aliphatic heterocycles. The van der Waals surface area contributed by atoms with Gasteiger partial charge in [0, 0.05) is 12.8 Å². The van der Waals surface area contributed by atoms with Gasteiger partial charge in [0.1, 0.15) is 6.04 Å². The molecular formula is C7H11F2NO. The van der Waals surface area contributed by atoms with Gasteiger partial charge in [-0.2, -0.15) is 4.91 Å². The molecule has 1 aliphatic carbocycles. The zero-order chi connectivity index (χ0) is 8.48. The van der Waals surface area contributed by atoms with Crippen molar-refractivity contribution in [1.29, 1.82) is 0 Å². The number of rotatable bonds is 1. The van der Waals surface area contributed by atoms with Crippen LogP contribution in [0.4, 0.5) is 8.78 Å². The van der Waals surface area contributed by atoms with Crippen LogP contribution in [0.3, 0.4) is 0 Å². The smallest absolute Gasteiger partial charge is 0.207 e. The zero-order valence-corrected chi connectivity index (χ0v) is 6.39. The highest BCUT2D eigenvalue weighted by molar-refractivity contribution is 4.86. The third-order valence-corrected chi connectivity index (χ3v) is 2.27. The Morgan fingerprint density at radius 2 is 2.18 bits per heavy atom. The van der Waals surface area contributed by atoms with Crippen LogP contribution in [0.25, 0.3) is 0 Å². The summed E-state index contributed by atoms with van der Waals surface area (Å²) in [5.74, 6) is -2.64. The molecule has 0 aromatic heterocycles. The van der Waals surface area contributed by atoms with Gasteiger partial charge in [0.25, 0.3) is 0 Å². The van der Waals surface area contributed by atoms with Crippen molar-refractivity contribution >= 4 is 0 Å². The molecule has 0 aromatic carbocycles. The minimum absolute atomic E-state index is 0.0205. The summed E-state index contributed by atoms with van der Waals surface area (Å²) in [7, 11) is 0. The number of hydrogen-bond donors (Lipinski definition) is 0. The molecule has 0 saturated heterocycles. The van der Waals surface area contributed by atoms with Crippen molar-refractivity contribution in [1.82, 2.24) is 0 Å². The van der Waals surface area contributed by atoms with E-state index in [4.69, 9.17) is 0 Å². The van der Waals surface area contributed by atoms with Crippen LogP contribution in [0, 0.1) is 10.8 Å². The van der Waals surface area contributed by atoms with E-state index in [0.29, 0.717) is 6.42 Å². The molecular weight excluding hydrogens is 152 g/mol. The largest absolute Gasteiger partial charge is 0.250 e. The van der Waals surface area contributed by atoms with Crippen molar-refractivity contribution < 1.29 is 8.78 Å². The Morgan fingerprint density at radius 1 is 1.55 bits per heavy atom. The van der Waals surface area contributed by atoms with E-state index in [0.717, 1.165) is 0 Å². The van der Waals surface area contributed by atoms with E-state index in [1.165, 1.54) is 0 Å². The number of alkyl halides is 2. The van der Waals surface area contributed by atoms with Crippen LogP contribution in [0.15, 0.2) is 5.18 Å². The van der Waals surface area contributed by atoms with Gasteiger partial charge in [0.2, 0.25) is 5.92 Å². The van der Waals surface area contributed by atoms with Gasteiger partial charge in [-0.1, -0.05) is 12.1 Å². The molecule has 0 N–H and O–H groups in total. The van der Waals surface area contributed by atoms with Crippen LogP contribution in [-0.4, -0.2) is 12.0 Å². The van der Waals surface area contributed by atoms with Gasteiger partial charge >= 0.3 is 0 Å². The molecule has 0 amide bonds. The highest BCUT2D eigenvalue weighted by Gasteiger charge is 2.40. The van der Waals surface area contributed by atoms with E-state index < -0.39 is 12.0 Å². The Balaban J connectivity index is 2.58. The van der Waals surface area contributed by atoms with E-state index in [2.05, 4.69) is 5.18 Å². The predicted octanol–water partition coefficient (Wildman–Crippen LogP) is 2.58. The van der Waals surface area contributed by atoms with Crippen LogP contribution >= 0.6 is 0 Å². The van der Waals surface area contributed by atoms with E-state index in [-0.39, 0.29) is 18.8 Å². The third kappa shape index (κ3) is 1.94. The molecule has 1 aliphatic rings. The monoisotopic (exact) mass is 163 g/mol. The Hall–Kier alpha value is -0.540. The quantitative estimate of drug-likeness (QED) is 0.546. The van der Waals surface area contributed by atoms with Crippen molar-refractivity contribution in [3.63, 3.8) is 0 Å². The molecule has 2 nitrogen and oxygen atoms in total. The van der Waals surface area contributed by atoms with Crippen LogP contribution in [0.2, 0.25) is 0 Å². The average Bonchev–Trinajstić information content (AvgIpc) is 1.94. The fourth-order valence-electron chi connectivity index (χ4n) is 1.38. The summed E-state index contributed by atoms with van der Waals surface area (Å²) in [6, 6.07) is -0.682. The first-order valence-corrected chi connectivity index (χ1v) is 3.75. The van der Waals surface area contributed by atoms with Gasteiger partial charge in [-0.05, 0) is 12.3 Å². The average molecular weight is 163 g/mol. The second-order valence-corrected chi connectivity index (χ2v) is 3.25. The number of hydrogen-bond acceptors (Lipinski definition) is 2. The minimum Gasteiger partial charge on any atom is -0.207 e. The fraction of sp³-hybridized carbons (Fsp3) is 1.00. The Morgan fingerprint density at radius 3 is 2.64 bits per heavy atom. The van der Waals surface area contributed by atoms with Crippen LogP contribution in [0.5, 0.6) is 0 Å². The van der Waals surface area contributed by atoms with Crippen molar-refractivity contribution in [3.8, 4) is 0 Å². The molecule has 11 heavy (non-hydrogen) atoms. The second-order valence-electron chi connectivity index (χ2n) is 3.25. The Labute approximate surface area is 63.9 Å². The molecule has 1 saturated carbocycles. The van der Waals surface area contributed by atoms with Crippen LogP contribution in [-0.2, 0) is 0 Å². The maximum Gasteiger partial charge on any atom is 0.250 e. The lowest BCUT2D eigenvalue weighted by Gasteiger charge is -2.29. The first-order chi connectivity index (χ1) is 5.05. The zero-order valence-electron chi connectivity index (χ0n) is 6.39. The van der Waals surface area contributed by atoms with Crippen LogP contribution < -0.4 is 0 Å². The molecule has 1 fully saturated rings. The van der Waals surface area contributed by atoms with Gasteiger partial charge < -0.3 is 0 Å². The summed E-state index contributed by atoms with van der Waals surface area (Å²) < 4.78 is 25.2. The molecule has 4 heteroatoms. The molecule has 2 atom stereocenters. The maximum atomic E-state index is 12.6. The summed E-state index contributed by atoms with van der Waals surface area (Å²) in [6.07, 6.45) is -0.0543.